The molecule has 2 aromatic carbocycles. The number of nitrogens with zero attached hydrogens (tertiary/aromatic N) is 4. The maximum atomic E-state index is 13.7. The van der Waals surface area contributed by atoms with Crippen LogP contribution in [0, 0.1) is 5.82 Å². The highest BCUT2D eigenvalue weighted by molar-refractivity contribution is 6.32. The van der Waals surface area contributed by atoms with Crippen molar-refractivity contribution in [2.24, 2.45) is 5.10 Å². The summed E-state index contributed by atoms with van der Waals surface area (Å²) in [5.74, 6) is -0.808. The zero-order valence-corrected chi connectivity index (χ0v) is 15.8. The Morgan fingerprint density at radius 3 is 2.83 bits per heavy atom. The fourth-order valence-corrected chi connectivity index (χ4v) is 2.98. The Bertz CT molecular complexity index is 1220. The summed E-state index contributed by atoms with van der Waals surface area (Å²) in [5.41, 5.74) is 4.41. The van der Waals surface area contributed by atoms with Gasteiger partial charge < -0.3 is 0 Å². The minimum atomic E-state index is -0.488. The van der Waals surface area contributed by atoms with Crippen molar-refractivity contribution in [1.29, 1.82) is 0 Å². The van der Waals surface area contributed by atoms with E-state index in [-0.39, 0.29) is 23.2 Å². The second-order valence-electron chi connectivity index (χ2n) is 6.25. The molecule has 0 radical (unpaired) electrons. The van der Waals surface area contributed by atoms with Crippen molar-refractivity contribution in [3.63, 3.8) is 0 Å². The van der Waals surface area contributed by atoms with Crippen LogP contribution in [-0.2, 0) is 6.54 Å². The van der Waals surface area contributed by atoms with Gasteiger partial charge in [0.05, 0.1) is 18.3 Å². The quantitative estimate of drug-likeness (QED) is 0.308. The Hall–Kier alpha value is -3.58. The van der Waals surface area contributed by atoms with Crippen LogP contribution in [0.2, 0.25) is 5.15 Å². The molecule has 0 aliphatic heterocycles. The van der Waals surface area contributed by atoms with Crippen LogP contribution in [0.25, 0.3) is 10.9 Å². The number of rotatable bonds is 5. The van der Waals surface area contributed by atoms with Crippen LogP contribution in [0.4, 0.5) is 4.39 Å². The molecule has 6 nitrogen and oxygen atoms in total. The molecule has 0 unspecified atom stereocenters. The molecule has 0 aliphatic rings. The fraction of sp³-hybridized carbons (Fsp3) is 0.0476. The Balaban J connectivity index is 1.43. The third-order valence-electron chi connectivity index (χ3n) is 4.24. The molecule has 8 heteroatoms. The van der Waals surface area contributed by atoms with E-state index in [1.165, 1.54) is 23.0 Å². The fourth-order valence-electron chi connectivity index (χ4n) is 2.79. The molecule has 144 valence electrons. The average Bonchev–Trinajstić information content (AvgIpc) is 3.19. The zero-order chi connectivity index (χ0) is 20.2. The number of pyridine rings is 1. The van der Waals surface area contributed by atoms with Gasteiger partial charge in [0.25, 0.3) is 5.91 Å². The lowest BCUT2D eigenvalue weighted by atomic mass is 10.2. The van der Waals surface area contributed by atoms with Crippen molar-refractivity contribution in [3.8, 4) is 0 Å². The van der Waals surface area contributed by atoms with Crippen molar-refractivity contribution in [1.82, 2.24) is 20.2 Å². The summed E-state index contributed by atoms with van der Waals surface area (Å²) in [7, 11) is 0. The predicted molar refractivity (Wildman–Crippen MR) is 110 cm³/mol. The zero-order valence-electron chi connectivity index (χ0n) is 15.1. The Labute approximate surface area is 170 Å². The standard InChI is InChI=1S/C21H15ClFN5O/c22-20-16(11-14-5-2-4-8-18(14)25-20)12-24-26-21(29)19-9-10-28(27-19)13-15-6-1-3-7-17(15)23/h1-12H,13H2,(H,26,29). The number of aromatic nitrogens is 3. The van der Waals surface area contributed by atoms with E-state index in [1.807, 2.05) is 30.3 Å². The van der Waals surface area contributed by atoms with Gasteiger partial charge in [-0.2, -0.15) is 10.2 Å². The average molecular weight is 408 g/mol. The summed E-state index contributed by atoms with van der Waals surface area (Å²) in [6, 6.07) is 17.4. The van der Waals surface area contributed by atoms with Gasteiger partial charge in [0.1, 0.15) is 11.0 Å². The molecule has 4 aromatic rings. The summed E-state index contributed by atoms with van der Waals surface area (Å²) < 4.78 is 15.2. The molecular weight excluding hydrogens is 393 g/mol. The number of para-hydroxylation sites is 1. The van der Waals surface area contributed by atoms with Gasteiger partial charge in [-0.1, -0.05) is 48.0 Å². The normalized spacial score (nSPS) is 11.2. The minimum absolute atomic E-state index is 0.168. The lowest BCUT2D eigenvalue weighted by Gasteiger charge is -2.03. The third kappa shape index (κ3) is 4.30. The Morgan fingerprint density at radius 1 is 1.17 bits per heavy atom. The monoisotopic (exact) mass is 407 g/mol. The van der Waals surface area contributed by atoms with Gasteiger partial charge in [-0.05, 0) is 24.3 Å². The molecular formula is C21H15ClFN5O. The van der Waals surface area contributed by atoms with Gasteiger partial charge >= 0.3 is 0 Å². The van der Waals surface area contributed by atoms with E-state index in [1.54, 1.807) is 24.4 Å². The summed E-state index contributed by atoms with van der Waals surface area (Å²) in [5, 5.41) is 9.29. The molecule has 0 fully saturated rings. The molecule has 1 amide bonds. The third-order valence-corrected chi connectivity index (χ3v) is 4.54. The van der Waals surface area contributed by atoms with Crippen molar-refractivity contribution in [3.05, 3.63) is 94.7 Å². The van der Waals surface area contributed by atoms with Crippen molar-refractivity contribution < 1.29 is 9.18 Å². The molecule has 0 spiro atoms. The summed E-state index contributed by atoms with van der Waals surface area (Å²) in [6.45, 7) is 0.224. The second-order valence-corrected chi connectivity index (χ2v) is 6.61. The molecule has 1 N–H and O–H groups in total. The summed E-state index contributed by atoms with van der Waals surface area (Å²) >= 11 is 6.17. The number of fused-ring (bicyclic) bond motifs is 1. The molecule has 0 bridgehead atoms. The summed E-state index contributed by atoms with van der Waals surface area (Å²) in [6.07, 6.45) is 3.03. The predicted octanol–water partition coefficient (Wildman–Crippen LogP) is 4.04. The molecule has 0 saturated heterocycles. The highest BCUT2D eigenvalue weighted by Crippen LogP contribution is 2.18. The van der Waals surface area contributed by atoms with E-state index in [4.69, 9.17) is 11.6 Å². The Morgan fingerprint density at radius 2 is 1.97 bits per heavy atom. The first-order chi connectivity index (χ1) is 14.1. The number of carbonyl (C=O) groups is 1. The number of hydrogen-bond acceptors (Lipinski definition) is 4. The number of hydrazone groups is 1. The molecule has 0 atom stereocenters. The number of halogens is 2. The van der Waals surface area contributed by atoms with E-state index in [9.17, 15) is 9.18 Å². The highest BCUT2D eigenvalue weighted by Gasteiger charge is 2.10. The van der Waals surface area contributed by atoms with E-state index in [2.05, 4.69) is 20.6 Å². The number of nitrogens with one attached hydrogen (secondary N) is 1. The van der Waals surface area contributed by atoms with Crippen LogP contribution in [-0.4, -0.2) is 26.9 Å². The van der Waals surface area contributed by atoms with Crippen molar-refractivity contribution >= 4 is 34.6 Å². The lowest BCUT2D eigenvalue weighted by Crippen LogP contribution is -2.18. The van der Waals surface area contributed by atoms with Gasteiger partial charge in [0, 0.05) is 22.7 Å². The van der Waals surface area contributed by atoms with Crippen LogP contribution in [0.5, 0.6) is 0 Å². The first-order valence-corrected chi connectivity index (χ1v) is 9.13. The second kappa shape index (κ2) is 8.20. The van der Waals surface area contributed by atoms with Gasteiger partial charge in [-0.3, -0.25) is 9.48 Å². The van der Waals surface area contributed by atoms with E-state index >= 15 is 0 Å². The molecule has 4 rings (SSSR count). The Kier molecular flexibility index (Phi) is 5.31. The van der Waals surface area contributed by atoms with Gasteiger partial charge in [-0.25, -0.2) is 14.8 Å². The molecule has 0 saturated carbocycles. The summed E-state index contributed by atoms with van der Waals surface area (Å²) in [4.78, 5) is 16.5. The van der Waals surface area contributed by atoms with Gasteiger partial charge in [-0.15, -0.1) is 0 Å². The van der Waals surface area contributed by atoms with Gasteiger partial charge in [0.15, 0.2) is 5.69 Å². The van der Waals surface area contributed by atoms with Gasteiger partial charge in [0.2, 0.25) is 0 Å². The SMILES string of the molecule is O=C(NN=Cc1cc2ccccc2nc1Cl)c1ccn(Cc2ccccc2F)n1. The van der Waals surface area contributed by atoms with Crippen molar-refractivity contribution in [2.75, 3.05) is 0 Å². The number of amides is 1. The first kappa shape index (κ1) is 18.8. The van der Waals surface area contributed by atoms with Crippen LogP contribution in [0.1, 0.15) is 21.6 Å². The molecule has 29 heavy (non-hydrogen) atoms. The van der Waals surface area contributed by atoms with Crippen molar-refractivity contribution in [2.45, 2.75) is 6.54 Å². The number of carbonyl (C=O) groups excluding carboxylic acids is 1. The smallest absolute Gasteiger partial charge is 0.267 e. The molecule has 2 heterocycles. The molecule has 0 aliphatic carbocycles. The number of benzene rings is 2. The van der Waals surface area contributed by atoms with Crippen LogP contribution >= 0.6 is 11.6 Å². The number of hydrogen-bond donors (Lipinski definition) is 1. The van der Waals surface area contributed by atoms with E-state index < -0.39 is 5.91 Å². The van der Waals surface area contributed by atoms with Crippen LogP contribution in [0.3, 0.4) is 0 Å². The maximum absolute atomic E-state index is 13.7. The highest BCUT2D eigenvalue weighted by atomic mass is 35.5. The van der Waals surface area contributed by atoms with Crippen LogP contribution < -0.4 is 5.43 Å². The first-order valence-electron chi connectivity index (χ1n) is 8.76. The lowest BCUT2D eigenvalue weighted by molar-refractivity contribution is 0.0949. The molecule has 2 aromatic heterocycles. The maximum Gasteiger partial charge on any atom is 0.291 e. The topological polar surface area (TPSA) is 72.2 Å². The van der Waals surface area contributed by atoms with Crippen LogP contribution in [0.15, 0.2) is 72.0 Å². The largest absolute Gasteiger partial charge is 0.291 e. The van der Waals surface area contributed by atoms with E-state index in [0.717, 1.165) is 10.9 Å². The van der Waals surface area contributed by atoms with E-state index in [0.29, 0.717) is 11.1 Å². The minimum Gasteiger partial charge on any atom is -0.267 e.